The minimum atomic E-state index is -3.68. The minimum absolute atomic E-state index is 0.0443. The summed E-state index contributed by atoms with van der Waals surface area (Å²) in [6.45, 7) is 1.43. The van der Waals surface area contributed by atoms with Gasteiger partial charge < -0.3 is 4.74 Å². The summed E-state index contributed by atoms with van der Waals surface area (Å²) in [5.74, 6) is -1.17. The van der Waals surface area contributed by atoms with Crippen LogP contribution in [0.4, 0.5) is 0 Å². The van der Waals surface area contributed by atoms with Crippen molar-refractivity contribution in [2.24, 2.45) is 0 Å². The van der Waals surface area contributed by atoms with Gasteiger partial charge in [-0.1, -0.05) is 24.6 Å². The van der Waals surface area contributed by atoms with Gasteiger partial charge in [-0.15, -0.1) is 0 Å². The van der Waals surface area contributed by atoms with Crippen LogP contribution < -0.4 is 4.72 Å². The first-order valence-corrected chi connectivity index (χ1v) is 9.25. The molecule has 0 bridgehead atoms. The van der Waals surface area contributed by atoms with Crippen LogP contribution in [0, 0.1) is 0 Å². The van der Waals surface area contributed by atoms with Crippen LogP contribution in [-0.4, -0.2) is 33.3 Å². The Morgan fingerprint density at radius 1 is 1.08 bits per heavy atom. The minimum Gasteiger partial charge on any atom is -0.454 e. The Balaban J connectivity index is 2.06. The molecule has 132 valence electrons. The molecule has 0 fully saturated rings. The number of carbonyl (C=O) groups is 2. The average molecular weight is 382 g/mol. The van der Waals surface area contributed by atoms with Crippen molar-refractivity contribution < 1.29 is 22.7 Å². The SMILES string of the molecule is CCNS(=O)(=O)c1cccc(C(=O)OCC(=O)c2ccc(Cl)cc2)c1. The molecule has 8 heteroatoms. The number of ketones is 1. The molecular weight excluding hydrogens is 366 g/mol. The van der Waals surface area contributed by atoms with Crippen molar-refractivity contribution in [2.75, 3.05) is 13.2 Å². The second-order valence-corrected chi connectivity index (χ2v) is 7.24. The van der Waals surface area contributed by atoms with Gasteiger partial charge >= 0.3 is 5.97 Å². The number of esters is 1. The zero-order chi connectivity index (χ0) is 18.4. The Morgan fingerprint density at radius 2 is 1.76 bits per heavy atom. The zero-order valence-corrected chi connectivity index (χ0v) is 14.9. The van der Waals surface area contributed by atoms with Crippen LogP contribution >= 0.6 is 11.6 Å². The predicted molar refractivity (Wildman–Crippen MR) is 93.4 cm³/mol. The van der Waals surface area contributed by atoms with Gasteiger partial charge in [-0.2, -0.15) is 0 Å². The highest BCUT2D eigenvalue weighted by Crippen LogP contribution is 2.13. The number of sulfonamides is 1. The Kier molecular flexibility index (Phi) is 6.30. The molecular formula is C17H16ClNO5S. The van der Waals surface area contributed by atoms with Crippen molar-refractivity contribution in [1.29, 1.82) is 0 Å². The van der Waals surface area contributed by atoms with Gasteiger partial charge in [0.2, 0.25) is 10.0 Å². The van der Waals surface area contributed by atoms with Gasteiger partial charge in [0.15, 0.2) is 12.4 Å². The highest BCUT2D eigenvalue weighted by molar-refractivity contribution is 7.89. The largest absolute Gasteiger partial charge is 0.454 e. The molecule has 0 unspecified atom stereocenters. The van der Waals surface area contributed by atoms with Gasteiger partial charge in [0.05, 0.1) is 10.5 Å². The standard InChI is InChI=1S/C17H16ClNO5S/c1-2-19-25(22,23)15-5-3-4-13(10-15)17(21)24-11-16(20)12-6-8-14(18)9-7-12/h3-10,19H,2,11H2,1H3. The summed E-state index contributed by atoms with van der Waals surface area (Å²) >= 11 is 5.75. The summed E-state index contributed by atoms with van der Waals surface area (Å²) in [7, 11) is -3.68. The number of hydrogen-bond acceptors (Lipinski definition) is 5. The van der Waals surface area contributed by atoms with Crippen molar-refractivity contribution in [3.63, 3.8) is 0 Å². The van der Waals surface area contributed by atoms with Crippen LogP contribution in [0.2, 0.25) is 5.02 Å². The van der Waals surface area contributed by atoms with Gasteiger partial charge in [-0.05, 0) is 42.5 Å². The molecule has 6 nitrogen and oxygen atoms in total. The number of carbonyl (C=O) groups excluding carboxylic acids is 2. The van der Waals surface area contributed by atoms with E-state index in [0.29, 0.717) is 10.6 Å². The lowest BCUT2D eigenvalue weighted by atomic mass is 10.1. The number of Topliss-reactive ketones (excluding diaryl/α,β-unsaturated/α-hetero) is 1. The second kappa shape index (κ2) is 8.24. The summed E-state index contributed by atoms with van der Waals surface area (Å²) < 4.78 is 31.2. The van der Waals surface area contributed by atoms with E-state index in [-0.39, 0.29) is 22.8 Å². The number of nitrogens with one attached hydrogen (secondary N) is 1. The van der Waals surface area contributed by atoms with Crippen LogP contribution in [0.15, 0.2) is 53.4 Å². The number of rotatable bonds is 7. The van der Waals surface area contributed by atoms with Gasteiger partial charge in [-0.25, -0.2) is 17.9 Å². The average Bonchev–Trinajstić information content (AvgIpc) is 2.60. The molecule has 2 aromatic carbocycles. The summed E-state index contributed by atoms with van der Waals surface area (Å²) in [4.78, 5) is 24.0. The molecule has 1 N–H and O–H groups in total. The van der Waals surface area contributed by atoms with Crippen molar-refractivity contribution in [3.8, 4) is 0 Å². The molecule has 0 radical (unpaired) electrons. The Bertz CT molecular complexity index is 878. The highest BCUT2D eigenvalue weighted by Gasteiger charge is 2.17. The lowest BCUT2D eigenvalue weighted by Crippen LogP contribution is -2.23. The summed E-state index contributed by atoms with van der Waals surface area (Å²) in [6.07, 6.45) is 0. The maximum absolute atomic E-state index is 12.1. The van der Waals surface area contributed by atoms with E-state index in [9.17, 15) is 18.0 Å². The molecule has 0 aromatic heterocycles. The van der Waals surface area contributed by atoms with E-state index in [1.165, 1.54) is 36.4 Å². The van der Waals surface area contributed by atoms with Crippen molar-refractivity contribution >= 4 is 33.4 Å². The maximum atomic E-state index is 12.1. The van der Waals surface area contributed by atoms with E-state index in [1.54, 1.807) is 19.1 Å². The first kappa shape index (κ1) is 19.1. The van der Waals surface area contributed by atoms with Crippen molar-refractivity contribution in [3.05, 3.63) is 64.7 Å². The summed E-state index contributed by atoms with van der Waals surface area (Å²) in [5, 5.41) is 0.493. The molecule has 0 atom stereocenters. The van der Waals surface area contributed by atoms with E-state index < -0.39 is 22.6 Å². The Labute approximate surface area is 150 Å². The fourth-order valence-corrected chi connectivity index (χ4v) is 3.21. The van der Waals surface area contributed by atoms with E-state index in [2.05, 4.69) is 4.72 Å². The van der Waals surface area contributed by atoms with Crippen LogP contribution in [-0.2, 0) is 14.8 Å². The van der Waals surface area contributed by atoms with E-state index in [1.807, 2.05) is 0 Å². The molecule has 2 aromatic rings. The lowest BCUT2D eigenvalue weighted by molar-refractivity contribution is 0.0474. The maximum Gasteiger partial charge on any atom is 0.338 e. The summed E-state index contributed by atoms with van der Waals surface area (Å²) in [6, 6.07) is 11.6. The molecule has 25 heavy (non-hydrogen) atoms. The third kappa shape index (κ3) is 5.12. The van der Waals surface area contributed by atoms with Crippen LogP contribution in [0.1, 0.15) is 27.6 Å². The predicted octanol–water partition coefficient (Wildman–Crippen LogP) is 2.68. The van der Waals surface area contributed by atoms with Crippen LogP contribution in [0.5, 0.6) is 0 Å². The molecule has 0 aliphatic carbocycles. The van der Waals surface area contributed by atoms with Gasteiger partial charge in [0, 0.05) is 17.1 Å². The molecule has 0 aliphatic heterocycles. The third-order valence-electron chi connectivity index (χ3n) is 3.21. The molecule has 2 rings (SSSR count). The second-order valence-electron chi connectivity index (χ2n) is 5.04. The molecule has 0 saturated carbocycles. The number of halogens is 1. The fraction of sp³-hybridized carbons (Fsp3) is 0.176. The highest BCUT2D eigenvalue weighted by atomic mass is 35.5. The van der Waals surface area contributed by atoms with Gasteiger partial charge in [0.1, 0.15) is 0 Å². The normalized spacial score (nSPS) is 11.1. The van der Waals surface area contributed by atoms with Crippen molar-refractivity contribution in [1.82, 2.24) is 4.72 Å². The van der Waals surface area contributed by atoms with E-state index in [0.717, 1.165) is 0 Å². The third-order valence-corrected chi connectivity index (χ3v) is 5.01. The summed E-state index contributed by atoms with van der Waals surface area (Å²) in [5.41, 5.74) is 0.406. The number of ether oxygens (including phenoxy) is 1. The molecule has 0 spiro atoms. The number of hydrogen-bond donors (Lipinski definition) is 1. The van der Waals surface area contributed by atoms with E-state index >= 15 is 0 Å². The molecule has 0 heterocycles. The molecule has 0 aliphatic rings. The van der Waals surface area contributed by atoms with Crippen LogP contribution in [0.25, 0.3) is 0 Å². The van der Waals surface area contributed by atoms with E-state index in [4.69, 9.17) is 16.3 Å². The fourth-order valence-electron chi connectivity index (χ4n) is 2.00. The van der Waals surface area contributed by atoms with Crippen molar-refractivity contribution in [2.45, 2.75) is 11.8 Å². The lowest BCUT2D eigenvalue weighted by Gasteiger charge is -2.07. The molecule has 0 saturated heterocycles. The molecule has 0 amide bonds. The van der Waals surface area contributed by atoms with Gasteiger partial charge in [0.25, 0.3) is 0 Å². The quantitative estimate of drug-likeness (QED) is 0.588. The zero-order valence-electron chi connectivity index (χ0n) is 13.4. The van der Waals surface area contributed by atoms with Crippen LogP contribution in [0.3, 0.4) is 0 Å². The first-order valence-electron chi connectivity index (χ1n) is 7.39. The Morgan fingerprint density at radius 3 is 2.40 bits per heavy atom. The first-order chi connectivity index (χ1) is 11.8. The Hall–Kier alpha value is -2.22. The smallest absolute Gasteiger partial charge is 0.338 e. The monoisotopic (exact) mass is 381 g/mol. The number of benzene rings is 2. The topological polar surface area (TPSA) is 89.5 Å². The van der Waals surface area contributed by atoms with Gasteiger partial charge in [-0.3, -0.25) is 4.79 Å².